The lowest BCUT2D eigenvalue weighted by Crippen LogP contribution is -2.30. The summed E-state index contributed by atoms with van der Waals surface area (Å²) in [6.07, 6.45) is -5.70. The van der Waals surface area contributed by atoms with Crippen LogP contribution in [0, 0.1) is 0 Å². The van der Waals surface area contributed by atoms with Crippen molar-refractivity contribution in [2.75, 3.05) is 27.2 Å². The fourth-order valence-electron chi connectivity index (χ4n) is 0.577. The number of alkyl halides is 3. The third kappa shape index (κ3) is 24.7. The average Bonchev–Trinajstić information content (AvgIpc) is 2.02. The van der Waals surface area contributed by atoms with Crippen LogP contribution in [0.2, 0.25) is 0 Å². The topological polar surface area (TPSA) is 32.3 Å². The summed E-state index contributed by atoms with van der Waals surface area (Å²) in [5, 5.41) is 3.34. The van der Waals surface area contributed by atoms with Crippen LogP contribution in [0.5, 0.6) is 0 Å². The Hall–Kier alpha value is -0.620. The van der Waals surface area contributed by atoms with Crippen LogP contribution in [0.4, 0.5) is 13.2 Å². The number of rotatable bonds is 4. The van der Waals surface area contributed by atoms with Crippen LogP contribution in [0.15, 0.2) is 0 Å². The highest BCUT2D eigenvalue weighted by Gasteiger charge is 2.24. The van der Waals surface area contributed by atoms with Gasteiger partial charge < -0.3 is 10.2 Å². The summed E-state index contributed by atoms with van der Waals surface area (Å²) in [6, 6.07) is 0.616. The van der Waals surface area contributed by atoms with E-state index in [-0.39, 0.29) is 0 Å². The van der Waals surface area contributed by atoms with Gasteiger partial charge in [0.1, 0.15) is 0 Å². The molecule has 6 heteroatoms. The number of carbonyl (C=O) groups is 1. The van der Waals surface area contributed by atoms with E-state index in [4.69, 9.17) is 4.79 Å². The molecule has 0 saturated carbocycles. The van der Waals surface area contributed by atoms with Gasteiger partial charge in [0.05, 0.1) is 0 Å². The van der Waals surface area contributed by atoms with Crippen molar-refractivity contribution in [3.63, 3.8) is 0 Å². The zero-order valence-corrected chi connectivity index (χ0v) is 9.56. The lowest BCUT2D eigenvalue weighted by atomic mass is 10.4. The van der Waals surface area contributed by atoms with Gasteiger partial charge in [-0.1, -0.05) is 13.8 Å². The van der Waals surface area contributed by atoms with Crippen LogP contribution >= 0.6 is 0 Å². The maximum Gasteiger partial charge on any atom is 0.446 e. The molecule has 0 aromatic carbocycles. The molecule has 0 fully saturated rings. The summed E-state index contributed by atoms with van der Waals surface area (Å²) >= 11 is 0. The van der Waals surface area contributed by atoms with Crippen LogP contribution in [0.1, 0.15) is 13.8 Å². The molecule has 0 heterocycles. The fourth-order valence-corrected chi connectivity index (χ4v) is 0.577. The summed E-state index contributed by atoms with van der Waals surface area (Å²) in [6.45, 7) is 6.54. The van der Waals surface area contributed by atoms with Gasteiger partial charge in [-0.05, 0) is 14.1 Å². The number of nitrogens with one attached hydrogen (secondary N) is 1. The molecular weight excluding hydrogens is 209 g/mol. The summed E-state index contributed by atoms with van der Waals surface area (Å²) in [5.74, 6) is 0. The Labute approximate surface area is 88.6 Å². The first-order valence-electron chi connectivity index (χ1n) is 4.60. The number of aldehydes is 1. The molecule has 0 rings (SSSR count). The largest absolute Gasteiger partial charge is 0.446 e. The van der Waals surface area contributed by atoms with Crippen molar-refractivity contribution in [1.82, 2.24) is 10.2 Å². The van der Waals surface area contributed by atoms with Crippen LogP contribution in [0.25, 0.3) is 0 Å². The molecule has 0 aliphatic rings. The number of carbonyl (C=O) groups excluding carboxylic acids is 1. The summed E-state index contributed by atoms with van der Waals surface area (Å²) in [4.78, 5) is 10.9. The first-order valence-corrected chi connectivity index (χ1v) is 4.60. The van der Waals surface area contributed by atoms with Crippen molar-refractivity contribution >= 4 is 6.29 Å². The highest BCUT2D eigenvalue weighted by atomic mass is 19.4. The zero-order chi connectivity index (χ0) is 12.5. The van der Waals surface area contributed by atoms with E-state index in [2.05, 4.69) is 38.2 Å². The number of halogens is 3. The Morgan fingerprint density at radius 2 is 1.73 bits per heavy atom. The Balaban J connectivity index is 0. The molecule has 0 atom stereocenters. The third-order valence-corrected chi connectivity index (χ3v) is 1.25. The monoisotopic (exact) mass is 228 g/mol. The van der Waals surface area contributed by atoms with E-state index in [0.717, 1.165) is 13.1 Å². The molecule has 3 nitrogen and oxygen atoms in total. The van der Waals surface area contributed by atoms with E-state index >= 15 is 0 Å². The van der Waals surface area contributed by atoms with E-state index in [0.29, 0.717) is 6.04 Å². The molecule has 0 aliphatic carbocycles. The molecule has 1 N–H and O–H groups in total. The van der Waals surface area contributed by atoms with E-state index in [1.54, 1.807) is 0 Å². The standard InChI is InChI=1S/C7H18N2.C2HF3O/c1-7(2)8-5-6-9(3)4;3-2(4,5)1-6/h7-8H,5-6H2,1-4H3;1H. The van der Waals surface area contributed by atoms with E-state index in [1.807, 2.05) is 0 Å². The zero-order valence-electron chi connectivity index (χ0n) is 9.56. The molecule has 15 heavy (non-hydrogen) atoms. The molecule has 0 aromatic rings. The van der Waals surface area contributed by atoms with Crippen molar-refractivity contribution in [2.45, 2.75) is 26.1 Å². The van der Waals surface area contributed by atoms with Gasteiger partial charge in [-0.15, -0.1) is 0 Å². The Bertz CT molecular complexity index is 150. The number of hydrogen-bond donors (Lipinski definition) is 1. The molecule has 0 saturated heterocycles. The molecule has 0 bridgehead atoms. The molecule has 0 aromatic heterocycles. The van der Waals surface area contributed by atoms with Crippen LogP contribution in [-0.4, -0.2) is 50.6 Å². The first kappa shape index (κ1) is 16.8. The fraction of sp³-hybridized carbons (Fsp3) is 0.889. The van der Waals surface area contributed by atoms with Gasteiger partial charge in [0.15, 0.2) is 0 Å². The lowest BCUT2D eigenvalue weighted by molar-refractivity contribution is -0.156. The predicted octanol–water partition coefficient (Wildman–Crippen LogP) is 1.29. The predicted molar refractivity (Wildman–Crippen MR) is 53.8 cm³/mol. The van der Waals surface area contributed by atoms with Crippen molar-refractivity contribution in [2.24, 2.45) is 0 Å². The van der Waals surface area contributed by atoms with Crippen LogP contribution in [-0.2, 0) is 4.79 Å². The van der Waals surface area contributed by atoms with Gasteiger partial charge in [0.25, 0.3) is 0 Å². The minimum absolute atomic E-state index is 0.616. The third-order valence-electron chi connectivity index (χ3n) is 1.25. The van der Waals surface area contributed by atoms with Crippen LogP contribution < -0.4 is 5.32 Å². The molecular formula is C9H19F3N2O. The Morgan fingerprint density at radius 3 is 1.93 bits per heavy atom. The van der Waals surface area contributed by atoms with Crippen molar-refractivity contribution in [1.29, 1.82) is 0 Å². The molecule has 0 aliphatic heterocycles. The van der Waals surface area contributed by atoms with Crippen molar-refractivity contribution < 1.29 is 18.0 Å². The van der Waals surface area contributed by atoms with Gasteiger partial charge in [0, 0.05) is 19.1 Å². The Morgan fingerprint density at radius 1 is 1.33 bits per heavy atom. The maximum atomic E-state index is 10.4. The quantitative estimate of drug-likeness (QED) is 0.736. The van der Waals surface area contributed by atoms with E-state index in [1.165, 1.54) is 0 Å². The maximum absolute atomic E-state index is 10.4. The average molecular weight is 228 g/mol. The summed E-state index contributed by atoms with van der Waals surface area (Å²) in [5.41, 5.74) is 0. The number of hydrogen-bond acceptors (Lipinski definition) is 3. The van der Waals surface area contributed by atoms with E-state index < -0.39 is 12.5 Å². The van der Waals surface area contributed by atoms with Crippen molar-refractivity contribution in [3.8, 4) is 0 Å². The van der Waals surface area contributed by atoms with E-state index in [9.17, 15) is 13.2 Å². The molecule has 92 valence electrons. The minimum atomic E-state index is -4.64. The van der Waals surface area contributed by atoms with Crippen LogP contribution in [0.3, 0.4) is 0 Å². The lowest BCUT2D eigenvalue weighted by Gasteiger charge is -2.11. The SMILES string of the molecule is CC(C)NCCN(C)C.O=CC(F)(F)F. The van der Waals surface area contributed by atoms with Crippen molar-refractivity contribution in [3.05, 3.63) is 0 Å². The second kappa shape index (κ2) is 8.67. The first-order chi connectivity index (χ1) is 6.69. The molecule has 0 unspecified atom stereocenters. The van der Waals surface area contributed by atoms with Gasteiger partial charge in [0.2, 0.25) is 6.29 Å². The smallest absolute Gasteiger partial charge is 0.313 e. The number of nitrogens with zero attached hydrogens (tertiary/aromatic N) is 1. The Kier molecular flexibility index (Phi) is 9.71. The highest BCUT2D eigenvalue weighted by molar-refractivity contribution is 5.56. The minimum Gasteiger partial charge on any atom is -0.313 e. The van der Waals surface area contributed by atoms with Gasteiger partial charge in [-0.2, -0.15) is 13.2 Å². The second-order valence-corrected chi connectivity index (χ2v) is 3.57. The molecule has 0 amide bonds. The number of likely N-dealkylation sites (N-methyl/N-ethyl adjacent to an activating group) is 1. The summed E-state index contributed by atoms with van der Waals surface area (Å²) < 4.78 is 31.2. The molecule has 0 spiro atoms. The summed E-state index contributed by atoms with van der Waals surface area (Å²) in [7, 11) is 4.17. The van der Waals surface area contributed by atoms with Gasteiger partial charge in [-0.3, -0.25) is 4.79 Å². The molecule has 0 radical (unpaired) electrons. The van der Waals surface area contributed by atoms with Gasteiger partial charge >= 0.3 is 6.18 Å². The second-order valence-electron chi connectivity index (χ2n) is 3.57. The van der Waals surface area contributed by atoms with Gasteiger partial charge in [-0.25, -0.2) is 0 Å². The normalized spacial score (nSPS) is 11.3. The highest BCUT2D eigenvalue weighted by Crippen LogP contribution is 2.08.